The monoisotopic (exact) mass is 623 g/mol. The largest absolute Gasteiger partial charge is 0.444 e. The number of benzene rings is 1. The number of aromatic nitrogens is 8. The number of anilines is 1. The zero-order valence-corrected chi connectivity index (χ0v) is 24.6. The molecule has 6 rings (SSSR count). The van der Waals surface area contributed by atoms with Gasteiger partial charge in [0.25, 0.3) is 5.56 Å². The highest BCUT2D eigenvalue weighted by atomic mass is 35.5. The predicted molar refractivity (Wildman–Crippen MR) is 157 cm³/mol. The maximum atomic E-state index is 15.0. The van der Waals surface area contributed by atoms with Crippen LogP contribution in [0.5, 0.6) is 0 Å². The maximum absolute atomic E-state index is 15.0. The second kappa shape index (κ2) is 10.9. The zero-order chi connectivity index (χ0) is 30.5. The van der Waals surface area contributed by atoms with Crippen LogP contribution in [-0.4, -0.2) is 51.4 Å². The van der Waals surface area contributed by atoms with E-state index in [1.54, 1.807) is 43.5 Å². The number of hydrogen-bond donors (Lipinski definition) is 2. The molecule has 12 nitrogen and oxygen atoms in total. The molecular formula is C28H24Cl2FN9O3. The molecule has 220 valence electrons. The van der Waals surface area contributed by atoms with Crippen molar-refractivity contribution in [2.45, 2.75) is 45.3 Å². The van der Waals surface area contributed by atoms with E-state index in [1.807, 2.05) is 6.07 Å². The molecule has 1 aromatic carbocycles. The average Bonchev–Trinajstić information content (AvgIpc) is 3.68. The summed E-state index contributed by atoms with van der Waals surface area (Å²) in [6, 6.07) is 11.1. The van der Waals surface area contributed by atoms with Gasteiger partial charge in [0.05, 0.1) is 23.0 Å². The molecule has 4 aromatic heterocycles. The van der Waals surface area contributed by atoms with Crippen LogP contribution in [0, 0.1) is 5.95 Å². The summed E-state index contributed by atoms with van der Waals surface area (Å²) in [6.45, 7) is 5.14. The van der Waals surface area contributed by atoms with Crippen molar-refractivity contribution < 1.29 is 13.9 Å². The van der Waals surface area contributed by atoms with Crippen LogP contribution in [-0.2, 0) is 11.2 Å². The van der Waals surface area contributed by atoms with E-state index in [1.165, 1.54) is 29.2 Å². The van der Waals surface area contributed by atoms with Crippen molar-refractivity contribution in [2.75, 3.05) is 5.32 Å². The first-order valence-electron chi connectivity index (χ1n) is 13.2. The zero-order valence-electron chi connectivity index (χ0n) is 23.1. The molecule has 1 atom stereocenters. The molecule has 0 saturated heterocycles. The summed E-state index contributed by atoms with van der Waals surface area (Å²) in [4.78, 5) is 36.8. The number of ether oxygens (including phenoxy) is 1. The van der Waals surface area contributed by atoms with E-state index in [2.05, 4.69) is 35.8 Å². The summed E-state index contributed by atoms with van der Waals surface area (Å²) < 4.78 is 23.4. The number of carbonyl (C=O) groups excluding carboxylic acids is 1. The summed E-state index contributed by atoms with van der Waals surface area (Å²) >= 11 is 12.8. The van der Waals surface area contributed by atoms with Crippen molar-refractivity contribution >= 4 is 35.1 Å². The second-order valence-electron chi connectivity index (χ2n) is 10.9. The minimum atomic E-state index is -0.876. The van der Waals surface area contributed by atoms with Gasteiger partial charge in [-0.25, -0.2) is 14.8 Å². The maximum Gasteiger partial charge on any atom is 0.413 e. The Kier molecular flexibility index (Phi) is 7.22. The lowest BCUT2D eigenvalue weighted by Gasteiger charge is -2.19. The van der Waals surface area contributed by atoms with Crippen LogP contribution in [0.15, 0.2) is 53.6 Å². The lowest BCUT2D eigenvalue weighted by Crippen LogP contribution is -2.27. The van der Waals surface area contributed by atoms with Crippen LogP contribution in [0.1, 0.15) is 44.6 Å². The first-order valence-corrected chi connectivity index (χ1v) is 13.9. The molecule has 1 unspecified atom stereocenters. The molecule has 5 heterocycles. The summed E-state index contributed by atoms with van der Waals surface area (Å²) in [6.07, 6.45) is 1.85. The molecule has 15 heteroatoms. The third-order valence-corrected chi connectivity index (χ3v) is 7.27. The first kappa shape index (κ1) is 28.5. The van der Waals surface area contributed by atoms with E-state index < -0.39 is 23.7 Å². The van der Waals surface area contributed by atoms with Gasteiger partial charge in [0.15, 0.2) is 5.15 Å². The fraction of sp³-hybridized carbons (Fsp3) is 0.250. The Bertz CT molecular complexity index is 1920. The van der Waals surface area contributed by atoms with Gasteiger partial charge in [-0.2, -0.15) is 9.07 Å². The van der Waals surface area contributed by atoms with Gasteiger partial charge in [-0.3, -0.25) is 10.1 Å². The number of nitrogens with one attached hydrogen (secondary N) is 2. The number of tetrazole rings is 1. The molecule has 0 aliphatic carbocycles. The number of aryl methyl sites for hydroxylation is 1. The van der Waals surface area contributed by atoms with E-state index in [4.69, 9.17) is 27.9 Å². The van der Waals surface area contributed by atoms with Crippen molar-refractivity contribution in [3.63, 3.8) is 0 Å². The average molecular weight is 624 g/mol. The molecular weight excluding hydrogens is 600 g/mol. The van der Waals surface area contributed by atoms with Crippen LogP contribution in [0.25, 0.3) is 28.2 Å². The standard InChI is InChI=1S/C28H24Cl2FN9O3/c1-28(2,3)43-27(42)34-21-9-6-17(25(31)33-21)26-35-23(24(30)36-26)20-8-5-16-10-14(11-22(41)40(16)20)18-12-15(29)4-7-19(18)39-13-32-37-38-39/h4,6-7,9-13,20H,5,8H2,1-3H3,(H,35,36)(H,33,34,42). The number of halogens is 3. The number of rotatable bonds is 5. The molecule has 0 radical (unpaired) electrons. The van der Waals surface area contributed by atoms with Crippen molar-refractivity contribution in [2.24, 2.45) is 0 Å². The van der Waals surface area contributed by atoms with E-state index in [0.717, 1.165) is 5.69 Å². The molecule has 1 aliphatic heterocycles. The Morgan fingerprint density at radius 2 is 1.93 bits per heavy atom. The van der Waals surface area contributed by atoms with E-state index in [0.29, 0.717) is 40.4 Å². The molecule has 43 heavy (non-hydrogen) atoms. The van der Waals surface area contributed by atoms with Crippen molar-refractivity contribution in [1.29, 1.82) is 0 Å². The molecule has 1 amide bonds. The highest BCUT2D eigenvalue weighted by molar-refractivity contribution is 6.31. The minimum absolute atomic E-state index is 0.0246. The molecule has 1 aliphatic rings. The summed E-state index contributed by atoms with van der Waals surface area (Å²) in [7, 11) is 0. The number of fused-ring (bicyclic) bond motifs is 1. The van der Waals surface area contributed by atoms with Crippen molar-refractivity contribution in [3.8, 4) is 28.2 Å². The van der Waals surface area contributed by atoms with E-state index in [-0.39, 0.29) is 27.9 Å². The van der Waals surface area contributed by atoms with Gasteiger partial charge in [0.1, 0.15) is 23.6 Å². The number of carbonyl (C=O) groups is 1. The molecule has 5 aromatic rings. The normalized spacial score (nSPS) is 14.5. The number of aromatic amines is 1. The van der Waals surface area contributed by atoms with Gasteiger partial charge in [-0.05, 0) is 86.0 Å². The Morgan fingerprint density at radius 1 is 1.12 bits per heavy atom. The first-order chi connectivity index (χ1) is 20.5. The Balaban J connectivity index is 1.30. The number of nitrogens with zero attached hydrogens (tertiary/aromatic N) is 7. The van der Waals surface area contributed by atoms with Crippen LogP contribution in [0.2, 0.25) is 10.2 Å². The summed E-state index contributed by atoms with van der Waals surface area (Å²) in [5.74, 6) is -0.764. The van der Waals surface area contributed by atoms with Gasteiger partial charge < -0.3 is 14.3 Å². The Labute approximate surface area is 253 Å². The third-order valence-electron chi connectivity index (χ3n) is 6.75. The number of imidazole rings is 1. The molecule has 0 fully saturated rings. The summed E-state index contributed by atoms with van der Waals surface area (Å²) in [5, 5.41) is 14.4. The van der Waals surface area contributed by atoms with Crippen LogP contribution in [0.4, 0.5) is 15.0 Å². The highest BCUT2D eigenvalue weighted by Gasteiger charge is 2.30. The number of H-pyrrole nitrogens is 1. The SMILES string of the molecule is CC(C)(C)OC(=O)Nc1ccc(-c2nc(Cl)c(C3CCc4cc(-c5cc(Cl)ccc5-n5cnnn5)cc(=O)n43)[nH]2)c(F)n1. The molecule has 0 spiro atoms. The van der Waals surface area contributed by atoms with Crippen LogP contribution < -0.4 is 10.9 Å². The second-order valence-corrected chi connectivity index (χ2v) is 11.7. The van der Waals surface area contributed by atoms with Crippen molar-refractivity contribution in [3.05, 3.63) is 86.7 Å². The number of amides is 1. The molecule has 0 bridgehead atoms. The van der Waals surface area contributed by atoms with Crippen LogP contribution >= 0.6 is 23.2 Å². The van der Waals surface area contributed by atoms with Gasteiger partial charge in [-0.1, -0.05) is 23.2 Å². The lowest BCUT2D eigenvalue weighted by molar-refractivity contribution is 0.0635. The Morgan fingerprint density at radius 3 is 2.65 bits per heavy atom. The molecule has 2 N–H and O–H groups in total. The van der Waals surface area contributed by atoms with Crippen molar-refractivity contribution in [1.82, 2.24) is 39.7 Å². The topological polar surface area (TPSA) is 146 Å². The predicted octanol–water partition coefficient (Wildman–Crippen LogP) is 5.60. The van der Waals surface area contributed by atoms with Gasteiger partial charge in [0.2, 0.25) is 5.95 Å². The van der Waals surface area contributed by atoms with Crippen LogP contribution in [0.3, 0.4) is 0 Å². The number of hydrogen-bond acceptors (Lipinski definition) is 8. The Hall–Kier alpha value is -4.62. The third kappa shape index (κ3) is 5.73. The highest BCUT2D eigenvalue weighted by Crippen LogP contribution is 2.37. The fourth-order valence-corrected chi connectivity index (χ4v) is 5.47. The number of pyridine rings is 2. The van der Waals surface area contributed by atoms with Gasteiger partial charge in [-0.15, -0.1) is 5.10 Å². The summed E-state index contributed by atoms with van der Waals surface area (Å²) in [5.41, 5.74) is 2.34. The van der Waals surface area contributed by atoms with E-state index in [9.17, 15) is 9.59 Å². The van der Waals surface area contributed by atoms with Gasteiger partial charge >= 0.3 is 6.09 Å². The van der Waals surface area contributed by atoms with Gasteiger partial charge in [0, 0.05) is 22.3 Å². The smallest absolute Gasteiger partial charge is 0.413 e. The fourth-order valence-electron chi connectivity index (χ4n) is 5.04. The minimum Gasteiger partial charge on any atom is -0.444 e. The van der Waals surface area contributed by atoms with E-state index >= 15 is 4.39 Å². The quantitative estimate of drug-likeness (QED) is 0.240. The molecule has 0 saturated carbocycles. The lowest BCUT2D eigenvalue weighted by atomic mass is 10.0.